The Labute approximate surface area is 342 Å². The summed E-state index contributed by atoms with van der Waals surface area (Å²) in [6, 6.07) is 22.1. The van der Waals surface area contributed by atoms with Crippen LogP contribution in [0.1, 0.15) is 70.4 Å². The molecular weight excluding hydrogens is 749 g/mol. The maximum Gasteiger partial charge on any atom is 0.255 e. The molecule has 0 radical (unpaired) electrons. The van der Waals surface area contributed by atoms with Crippen LogP contribution in [0.4, 0.5) is 11.4 Å². The first kappa shape index (κ1) is 38.3. The van der Waals surface area contributed by atoms with E-state index >= 15 is 0 Å². The zero-order chi connectivity index (χ0) is 40.8. The number of nitriles is 1. The summed E-state index contributed by atoms with van der Waals surface area (Å²) in [5.74, 6) is 0.348. The Morgan fingerprint density at radius 2 is 1.59 bits per heavy atom. The fraction of sp³-hybridized carbons (Fsp3) is 0.422. The van der Waals surface area contributed by atoms with Crippen molar-refractivity contribution in [3.05, 3.63) is 99.3 Å². The maximum atomic E-state index is 13.1. The number of aromatic nitrogens is 1. The van der Waals surface area contributed by atoms with Gasteiger partial charge in [0.1, 0.15) is 24.0 Å². The van der Waals surface area contributed by atoms with E-state index in [0.29, 0.717) is 59.7 Å². The van der Waals surface area contributed by atoms with Gasteiger partial charge in [-0.2, -0.15) is 5.26 Å². The topological polar surface area (TPSA) is 160 Å². The molecular formula is C45H48N8O6. The number of hydrogen-bond acceptors (Lipinski definition) is 10. The standard InChI is InChI=1S/C45H48N8O6/c1-49-41(55)13-9-37-39(11-4-30(25-46)42(37)49)59-35-23-32(24-35)47-43(56)29-2-5-33(6-3-29)51-16-14-28(15-17-51)26-50-18-20-52(21-19-50)34-7-8-36-31(22-34)27-53(45(36)58)38-10-12-40(54)48-44(38)57/h2-9,11,13,22,28,32,35,38H,10,12,14-21,23-24,26-27H2,1H3,(H,47,56)(H,48,54,57)/t32?,35?,38-/m0/s1. The molecule has 59 heavy (non-hydrogen) atoms. The van der Waals surface area contributed by atoms with Crippen LogP contribution in [0.2, 0.25) is 0 Å². The predicted octanol–water partition coefficient (Wildman–Crippen LogP) is 3.55. The van der Waals surface area contributed by atoms with E-state index in [9.17, 15) is 29.2 Å². The minimum absolute atomic E-state index is 0.00843. The summed E-state index contributed by atoms with van der Waals surface area (Å²) in [7, 11) is 1.65. The second-order valence-corrected chi connectivity index (χ2v) is 16.6. The molecule has 304 valence electrons. The Balaban J connectivity index is 0.701. The number of benzene rings is 3. The molecule has 0 bridgehead atoms. The Bertz CT molecular complexity index is 2420. The highest BCUT2D eigenvalue weighted by Crippen LogP contribution is 2.34. The average molecular weight is 797 g/mol. The number of ether oxygens (including phenoxy) is 1. The third-order valence-corrected chi connectivity index (χ3v) is 12.9. The van der Waals surface area contributed by atoms with Gasteiger partial charge in [-0.3, -0.25) is 34.2 Å². The summed E-state index contributed by atoms with van der Waals surface area (Å²) in [6.45, 7) is 7.22. The Kier molecular flexibility index (Phi) is 10.3. The molecule has 4 aromatic rings. The molecule has 4 aliphatic heterocycles. The lowest BCUT2D eigenvalue weighted by Gasteiger charge is -2.40. The zero-order valence-electron chi connectivity index (χ0n) is 33.2. The molecule has 4 amide bonds. The first-order chi connectivity index (χ1) is 28.6. The predicted molar refractivity (Wildman–Crippen MR) is 221 cm³/mol. The van der Waals surface area contributed by atoms with Crippen LogP contribution in [-0.2, 0) is 23.2 Å². The number of anilines is 2. The van der Waals surface area contributed by atoms with E-state index < -0.39 is 6.04 Å². The number of amides is 4. The van der Waals surface area contributed by atoms with Crippen molar-refractivity contribution in [2.45, 2.75) is 63.3 Å². The Hall–Kier alpha value is -6.20. The van der Waals surface area contributed by atoms with Crippen LogP contribution in [0.15, 0.2) is 71.5 Å². The number of imide groups is 1. The van der Waals surface area contributed by atoms with Crippen molar-refractivity contribution in [2.24, 2.45) is 13.0 Å². The molecule has 2 N–H and O–H groups in total. The van der Waals surface area contributed by atoms with Crippen LogP contribution in [0.25, 0.3) is 10.9 Å². The number of piperidine rings is 2. The molecule has 1 aromatic heterocycles. The van der Waals surface area contributed by atoms with Crippen LogP contribution in [0.5, 0.6) is 5.75 Å². The van der Waals surface area contributed by atoms with Crippen molar-refractivity contribution in [2.75, 3.05) is 55.6 Å². The number of nitrogens with zero attached hydrogens (tertiary/aromatic N) is 6. The fourth-order valence-electron chi connectivity index (χ4n) is 9.42. The SMILES string of the molecule is Cn1c(=O)ccc2c(OC3CC(NC(=O)c4ccc(N5CCC(CN6CCN(c7ccc8c(c7)CN([C@H]7CCC(=O)NC7=O)C8=O)CC6)CC5)cc4)C3)ccc(C#N)c21. The number of rotatable bonds is 9. The van der Waals surface area contributed by atoms with E-state index in [2.05, 4.69) is 37.5 Å². The minimum Gasteiger partial charge on any atom is -0.490 e. The van der Waals surface area contributed by atoms with E-state index in [4.69, 9.17) is 4.74 Å². The first-order valence-corrected chi connectivity index (χ1v) is 20.7. The third-order valence-electron chi connectivity index (χ3n) is 12.9. The molecule has 9 rings (SSSR count). The average Bonchev–Trinajstić information content (AvgIpc) is 3.56. The molecule has 3 aromatic carbocycles. The number of fused-ring (bicyclic) bond motifs is 2. The van der Waals surface area contributed by atoms with Gasteiger partial charge in [-0.05, 0) is 91.4 Å². The second kappa shape index (κ2) is 15.9. The number of hydrogen-bond donors (Lipinski definition) is 2. The molecule has 5 aliphatic rings. The van der Waals surface area contributed by atoms with Crippen molar-refractivity contribution < 1.29 is 23.9 Å². The summed E-state index contributed by atoms with van der Waals surface area (Å²) in [5, 5.41) is 15.8. The Morgan fingerprint density at radius 1 is 0.864 bits per heavy atom. The lowest BCUT2D eigenvalue weighted by atomic mass is 9.89. The monoisotopic (exact) mass is 796 g/mol. The highest BCUT2D eigenvalue weighted by atomic mass is 16.5. The largest absolute Gasteiger partial charge is 0.490 e. The van der Waals surface area contributed by atoms with Gasteiger partial charge >= 0.3 is 0 Å². The van der Waals surface area contributed by atoms with Gasteiger partial charge in [0, 0.05) is 119 Å². The summed E-state index contributed by atoms with van der Waals surface area (Å²) < 4.78 is 7.72. The lowest BCUT2D eigenvalue weighted by molar-refractivity contribution is -0.136. The third kappa shape index (κ3) is 7.62. The van der Waals surface area contributed by atoms with Crippen molar-refractivity contribution in [3.8, 4) is 11.8 Å². The van der Waals surface area contributed by atoms with E-state index in [1.54, 1.807) is 30.1 Å². The van der Waals surface area contributed by atoms with Crippen molar-refractivity contribution in [1.82, 2.24) is 25.0 Å². The van der Waals surface area contributed by atoms with Crippen molar-refractivity contribution >= 4 is 45.9 Å². The molecule has 14 nitrogen and oxygen atoms in total. The normalized spacial score (nSPS) is 22.5. The number of pyridine rings is 1. The van der Waals surface area contributed by atoms with Gasteiger partial charge in [0.2, 0.25) is 11.8 Å². The summed E-state index contributed by atoms with van der Waals surface area (Å²) in [4.78, 5) is 71.5. The summed E-state index contributed by atoms with van der Waals surface area (Å²) >= 11 is 0. The smallest absolute Gasteiger partial charge is 0.255 e. The van der Waals surface area contributed by atoms with Crippen LogP contribution < -0.4 is 30.7 Å². The molecule has 3 saturated heterocycles. The van der Waals surface area contributed by atoms with E-state index in [-0.39, 0.29) is 47.8 Å². The number of carbonyl (C=O) groups is 4. The Morgan fingerprint density at radius 3 is 2.32 bits per heavy atom. The minimum atomic E-state index is -0.604. The second-order valence-electron chi connectivity index (χ2n) is 16.6. The molecule has 14 heteroatoms. The summed E-state index contributed by atoms with van der Waals surface area (Å²) in [5.41, 5.74) is 5.24. The van der Waals surface area contributed by atoms with Gasteiger partial charge in [0.25, 0.3) is 17.4 Å². The molecule has 1 aliphatic carbocycles. The molecule has 1 atom stereocenters. The molecule has 5 heterocycles. The van der Waals surface area contributed by atoms with Gasteiger partial charge in [-0.1, -0.05) is 0 Å². The van der Waals surface area contributed by atoms with E-state index in [1.165, 1.54) is 10.6 Å². The first-order valence-electron chi connectivity index (χ1n) is 20.7. The van der Waals surface area contributed by atoms with E-state index in [0.717, 1.165) is 81.0 Å². The van der Waals surface area contributed by atoms with Crippen LogP contribution in [0.3, 0.4) is 0 Å². The van der Waals surface area contributed by atoms with E-state index in [1.807, 2.05) is 36.4 Å². The van der Waals surface area contributed by atoms with Gasteiger partial charge in [0.15, 0.2) is 0 Å². The van der Waals surface area contributed by atoms with Gasteiger partial charge in [-0.15, -0.1) is 0 Å². The maximum absolute atomic E-state index is 13.1. The van der Waals surface area contributed by atoms with Crippen molar-refractivity contribution in [1.29, 1.82) is 5.26 Å². The quantitative estimate of drug-likeness (QED) is 0.240. The highest BCUT2D eigenvalue weighted by molar-refractivity contribution is 6.05. The number of nitrogens with one attached hydrogen (secondary N) is 2. The zero-order valence-corrected chi connectivity index (χ0v) is 33.2. The van der Waals surface area contributed by atoms with Crippen molar-refractivity contribution in [3.63, 3.8) is 0 Å². The fourth-order valence-corrected chi connectivity index (χ4v) is 9.42. The van der Waals surface area contributed by atoms with Gasteiger partial charge in [-0.25, -0.2) is 0 Å². The number of piperazine rings is 1. The highest BCUT2D eigenvalue weighted by Gasteiger charge is 2.39. The molecule has 4 fully saturated rings. The molecule has 1 saturated carbocycles. The van der Waals surface area contributed by atoms with Crippen LogP contribution >= 0.6 is 0 Å². The molecule has 0 unspecified atom stereocenters. The molecule has 0 spiro atoms. The summed E-state index contributed by atoms with van der Waals surface area (Å²) in [6.07, 6.45) is 4.12. The number of aryl methyl sites for hydroxylation is 1. The van der Waals surface area contributed by atoms with Gasteiger partial charge in [0.05, 0.1) is 11.1 Å². The number of carbonyl (C=O) groups excluding carboxylic acids is 4. The van der Waals surface area contributed by atoms with Crippen LogP contribution in [0, 0.1) is 17.2 Å². The van der Waals surface area contributed by atoms with Gasteiger partial charge < -0.3 is 29.3 Å². The van der Waals surface area contributed by atoms with Crippen LogP contribution in [-0.4, -0.2) is 102 Å². The lowest BCUT2D eigenvalue weighted by Crippen LogP contribution is -2.52.